The molecule has 100 valence electrons. The molecule has 0 saturated carbocycles. The lowest BCUT2D eigenvalue weighted by Crippen LogP contribution is -2.45. The molecule has 5 heteroatoms. The first-order chi connectivity index (χ1) is 8.16. The van der Waals surface area contributed by atoms with Crippen molar-refractivity contribution in [2.75, 3.05) is 0 Å². The van der Waals surface area contributed by atoms with Crippen LogP contribution < -0.4 is 5.73 Å². The van der Waals surface area contributed by atoms with Crippen molar-refractivity contribution >= 4 is 5.78 Å². The van der Waals surface area contributed by atoms with Gasteiger partial charge < -0.3 is 5.73 Å². The molecule has 0 spiro atoms. The number of ketones is 1. The van der Waals surface area contributed by atoms with E-state index in [4.69, 9.17) is 5.73 Å². The Bertz CT molecular complexity index is 421. The molecule has 0 radical (unpaired) electrons. The van der Waals surface area contributed by atoms with Crippen molar-refractivity contribution in [3.8, 4) is 0 Å². The molecule has 0 aliphatic rings. The Morgan fingerprint density at radius 1 is 1.22 bits per heavy atom. The fraction of sp³-hybridized carbons (Fsp3) is 0.462. The van der Waals surface area contributed by atoms with E-state index >= 15 is 0 Å². The molecule has 1 rings (SSSR count). The first-order valence-corrected chi connectivity index (χ1v) is 5.65. The predicted molar refractivity (Wildman–Crippen MR) is 63.0 cm³/mol. The van der Waals surface area contributed by atoms with Gasteiger partial charge in [-0.1, -0.05) is 19.1 Å². The molecule has 0 amide bonds. The van der Waals surface area contributed by atoms with Crippen molar-refractivity contribution in [3.63, 3.8) is 0 Å². The van der Waals surface area contributed by atoms with Crippen LogP contribution in [-0.4, -0.2) is 11.3 Å². The molecule has 0 heterocycles. The number of nitrogens with two attached hydrogens (primary N) is 1. The molecule has 2 N–H and O–H groups in total. The molecule has 1 unspecified atom stereocenters. The molecule has 0 aliphatic heterocycles. The second kappa shape index (κ2) is 5.10. The Kier molecular flexibility index (Phi) is 4.16. The number of Topliss-reactive ketones (excluding diaryl/α,β-unsaturated/α-hetero) is 1. The Morgan fingerprint density at radius 2 is 1.72 bits per heavy atom. The number of hydrogen-bond acceptors (Lipinski definition) is 2. The molecular formula is C13H16F3NO. The van der Waals surface area contributed by atoms with Crippen molar-refractivity contribution in [2.45, 2.75) is 38.4 Å². The summed E-state index contributed by atoms with van der Waals surface area (Å²) < 4.78 is 37.0. The fourth-order valence-electron chi connectivity index (χ4n) is 1.40. The highest BCUT2D eigenvalue weighted by atomic mass is 19.4. The molecule has 0 aromatic heterocycles. The summed E-state index contributed by atoms with van der Waals surface area (Å²) in [6.45, 7) is 3.42. The molecule has 1 aromatic carbocycles. The summed E-state index contributed by atoms with van der Waals surface area (Å²) in [6, 6.07) is 4.57. The number of alkyl halides is 3. The molecular weight excluding hydrogens is 243 g/mol. The summed E-state index contributed by atoms with van der Waals surface area (Å²) in [5.74, 6) is -0.176. The molecule has 0 bridgehead atoms. The number of carbonyl (C=O) groups excluding carboxylic acids is 1. The monoisotopic (exact) mass is 259 g/mol. The SMILES string of the molecule is CCC(C)(N)C(=O)Cc1ccc(C(F)(F)F)cc1. The van der Waals surface area contributed by atoms with Gasteiger partial charge in [0.1, 0.15) is 0 Å². The van der Waals surface area contributed by atoms with Crippen LogP contribution in [0.1, 0.15) is 31.4 Å². The summed E-state index contributed by atoms with van der Waals surface area (Å²) in [5.41, 5.74) is 4.67. The van der Waals surface area contributed by atoms with Crippen molar-refractivity contribution < 1.29 is 18.0 Å². The van der Waals surface area contributed by atoms with Crippen molar-refractivity contribution in [3.05, 3.63) is 35.4 Å². The van der Waals surface area contributed by atoms with E-state index in [1.165, 1.54) is 12.1 Å². The van der Waals surface area contributed by atoms with E-state index in [9.17, 15) is 18.0 Å². The van der Waals surface area contributed by atoms with Gasteiger partial charge in [-0.2, -0.15) is 13.2 Å². The topological polar surface area (TPSA) is 43.1 Å². The van der Waals surface area contributed by atoms with E-state index in [0.29, 0.717) is 12.0 Å². The minimum absolute atomic E-state index is 0.0545. The van der Waals surface area contributed by atoms with Gasteiger partial charge in [-0.05, 0) is 31.0 Å². The maximum Gasteiger partial charge on any atom is 0.416 e. The summed E-state index contributed by atoms with van der Waals surface area (Å²) in [7, 11) is 0. The number of hydrogen-bond donors (Lipinski definition) is 1. The highest BCUT2D eigenvalue weighted by molar-refractivity contribution is 5.89. The Morgan fingerprint density at radius 3 is 2.11 bits per heavy atom. The quantitative estimate of drug-likeness (QED) is 0.903. The van der Waals surface area contributed by atoms with Crippen LogP contribution in [0.4, 0.5) is 13.2 Å². The second-order valence-electron chi connectivity index (χ2n) is 4.57. The van der Waals surface area contributed by atoms with Gasteiger partial charge in [0.25, 0.3) is 0 Å². The lowest BCUT2D eigenvalue weighted by atomic mass is 9.90. The van der Waals surface area contributed by atoms with Gasteiger partial charge in [0.2, 0.25) is 0 Å². The van der Waals surface area contributed by atoms with Crippen molar-refractivity contribution in [1.82, 2.24) is 0 Å². The second-order valence-corrected chi connectivity index (χ2v) is 4.57. The van der Waals surface area contributed by atoms with Gasteiger partial charge in [0, 0.05) is 6.42 Å². The Hall–Kier alpha value is -1.36. The average molecular weight is 259 g/mol. The average Bonchev–Trinajstić information content (AvgIpc) is 2.28. The molecule has 0 saturated heterocycles. The molecule has 1 atom stereocenters. The largest absolute Gasteiger partial charge is 0.416 e. The third kappa shape index (κ3) is 3.57. The first kappa shape index (κ1) is 14.7. The summed E-state index contributed by atoms with van der Waals surface area (Å²) in [5, 5.41) is 0. The van der Waals surface area contributed by atoms with Gasteiger partial charge >= 0.3 is 6.18 Å². The molecule has 0 fully saturated rings. The van der Waals surface area contributed by atoms with Gasteiger partial charge in [-0.3, -0.25) is 4.79 Å². The Labute approximate surface area is 104 Å². The number of rotatable bonds is 4. The summed E-state index contributed by atoms with van der Waals surface area (Å²) in [6.07, 6.45) is -3.81. The minimum atomic E-state index is -4.35. The highest BCUT2D eigenvalue weighted by Gasteiger charge is 2.30. The third-order valence-electron chi connectivity index (χ3n) is 3.02. The van der Waals surface area contributed by atoms with Crippen molar-refractivity contribution in [1.29, 1.82) is 0 Å². The number of carbonyl (C=O) groups is 1. The molecule has 0 aliphatic carbocycles. The fourth-order valence-corrected chi connectivity index (χ4v) is 1.40. The van der Waals surface area contributed by atoms with Crippen LogP contribution in [0.3, 0.4) is 0 Å². The number of halogens is 3. The van der Waals surface area contributed by atoms with Crippen LogP contribution in [0.5, 0.6) is 0 Å². The maximum atomic E-state index is 12.3. The van der Waals surface area contributed by atoms with Gasteiger partial charge in [-0.25, -0.2) is 0 Å². The predicted octanol–water partition coefficient (Wildman–Crippen LogP) is 2.94. The summed E-state index contributed by atoms with van der Waals surface area (Å²) >= 11 is 0. The van der Waals surface area contributed by atoms with Crippen LogP contribution in [0.15, 0.2) is 24.3 Å². The van der Waals surface area contributed by atoms with E-state index < -0.39 is 17.3 Å². The van der Waals surface area contributed by atoms with Crippen LogP contribution in [0.2, 0.25) is 0 Å². The minimum Gasteiger partial charge on any atom is -0.319 e. The van der Waals surface area contributed by atoms with E-state index in [0.717, 1.165) is 12.1 Å². The zero-order valence-electron chi connectivity index (χ0n) is 10.3. The third-order valence-corrected chi connectivity index (χ3v) is 3.02. The molecule has 18 heavy (non-hydrogen) atoms. The highest BCUT2D eigenvalue weighted by Crippen LogP contribution is 2.29. The van der Waals surface area contributed by atoms with E-state index in [2.05, 4.69) is 0 Å². The lowest BCUT2D eigenvalue weighted by Gasteiger charge is -2.20. The van der Waals surface area contributed by atoms with Crippen molar-refractivity contribution in [2.24, 2.45) is 5.73 Å². The van der Waals surface area contributed by atoms with Gasteiger partial charge in [0.05, 0.1) is 11.1 Å². The summed E-state index contributed by atoms with van der Waals surface area (Å²) in [4.78, 5) is 11.8. The Balaban J connectivity index is 2.79. The first-order valence-electron chi connectivity index (χ1n) is 5.65. The van der Waals surface area contributed by atoms with Crippen LogP contribution in [0, 0.1) is 0 Å². The van der Waals surface area contributed by atoms with Gasteiger partial charge in [-0.15, -0.1) is 0 Å². The van der Waals surface area contributed by atoms with E-state index in [-0.39, 0.29) is 12.2 Å². The number of benzene rings is 1. The standard InChI is InChI=1S/C13H16F3NO/c1-3-12(2,17)11(18)8-9-4-6-10(7-5-9)13(14,15)16/h4-7H,3,8,17H2,1-2H3. The smallest absolute Gasteiger partial charge is 0.319 e. The van der Waals surface area contributed by atoms with E-state index in [1.54, 1.807) is 13.8 Å². The van der Waals surface area contributed by atoms with E-state index in [1.807, 2.05) is 0 Å². The zero-order chi connectivity index (χ0) is 14.0. The normalized spacial score (nSPS) is 15.2. The van der Waals surface area contributed by atoms with Crippen LogP contribution in [0.25, 0.3) is 0 Å². The van der Waals surface area contributed by atoms with Gasteiger partial charge in [0.15, 0.2) is 5.78 Å². The molecule has 2 nitrogen and oxygen atoms in total. The van der Waals surface area contributed by atoms with Crippen LogP contribution in [-0.2, 0) is 17.4 Å². The molecule has 1 aromatic rings. The zero-order valence-corrected chi connectivity index (χ0v) is 10.3. The maximum absolute atomic E-state index is 12.3. The lowest BCUT2D eigenvalue weighted by molar-refractivity contribution is -0.137. The van der Waals surface area contributed by atoms with Crippen LogP contribution >= 0.6 is 0 Å².